The molecule has 0 aliphatic rings. The summed E-state index contributed by atoms with van der Waals surface area (Å²) in [6.07, 6.45) is 0. The molecule has 0 amide bonds. The molecule has 0 radical (unpaired) electrons. The Kier molecular flexibility index (Phi) is 6.61. The van der Waals surface area contributed by atoms with E-state index in [0.717, 1.165) is 72.1 Å². The quantitative estimate of drug-likeness (QED) is 0.184. The molecular formula is C50H29N5. The Labute approximate surface area is 316 Å². The van der Waals surface area contributed by atoms with Gasteiger partial charge in [0.1, 0.15) is 0 Å². The summed E-state index contributed by atoms with van der Waals surface area (Å²) in [4.78, 5) is 0. The van der Waals surface area contributed by atoms with Crippen molar-refractivity contribution in [2.75, 3.05) is 0 Å². The molecule has 55 heavy (non-hydrogen) atoms. The van der Waals surface area contributed by atoms with E-state index in [1.54, 1.807) is 0 Å². The molecule has 0 saturated heterocycles. The highest BCUT2D eigenvalue weighted by Crippen LogP contribution is 2.39. The molecule has 5 nitrogen and oxygen atoms in total. The van der Waals surface area contributed by atoms with Crippen molar-refractivity contribution in [3.63, 3.8) is 0 Å². The number of nitrogens with zero attached hydrogens (tertiary/aromatic N) is 5. The number of aromatic nitrogens is 3. The highest BCUT2D eigenvalue weighted by atomic mass is 15.0. The van der Waals surface area contributed by atoms with Gasteiger partial charge in [-0.1, -0.05) is 91.0 Å². The largest absolute Gasteiger partial charge is 0.309 e. The lowest BCUT2D eigenvalue weighted by Gasteiger charge is -2.13. The van der Waals surface area contributed by atoms with Crippen LogP contribution in [0.15, 0.2) is 176 Å². The van der Waals surface area contributed by atoms with Crippen molar-refractivity contribution >= 4 is 65.4 Å². The van der Waals surface area contributed by atoms with Gasteiger partial charge in [-0.2, -0.15) is 10.5 Å². The molecule has 8 aromatic carbocycles. The van der Waals surface area contributed by atoms with Crippen molar-refractivity contribution in [2.24, 2.45) is 0 Å². The molecule has 0 fully saturated rings. The van der Waals surface area contributed by atoms with Crippen LogP contribution < -0.4 is 0 Å². The number of para-hydroxylation sites is 4. The summed E-state index contributed by atoms with van der Waals surface area (Å²) >= 11 is 0. The Morgan fingerprint density at radius 3 is 1.33 bits per heavy atom. The summed E-state index contributed by atoms with van der Waals surface area (Å²) in [6.45, 7) is 0. The van der Waals surface area contributed by atoms with Crippen molar-refractivity contribution in [3.05, 3.63) is 187 Å². The monoisotopic (exact) mass is 699 g/mol. The number of nitriles is 2. The molecule has 0 unspecified atom stereocenters. The van der Waals surface area contributed by atoms with Gasteiger partial charge in [-0.3, -0.25) is 0 Å². The molecule has 0 N–H and O–H groups in total. The topological polar surface area (TPSA) is 62.4 Å². The van der Waals surface area contributed by atoms with Gasteiger partial charge in [0, 0.05) is 49.4 Å². The van der Waals surface area contributed by atoms with Crippen LogP contribution in [0.3, 0.4) is 0 Å². The Balaban J connectivity index is 1.08. The third kappa shape index (κ3) is 4.51. The summed E-state index contributed by atoms with van der Waals surface area (Å²) in [7, 11) is 0. The van der Waals surface area contributed by atoms with E-state index in [1.165, 1.54) is 21.5 Å². The van der Waals surface area contributed by atoms with Crippen LogP contribution in [0.25, 0.3) is 93.6 Å². The van der Waals surface area contributed by atoms with Crippen molar-refractivity contribution in [2.45, 2.75) is 0 Å². The van der Waals surface area contributed by atoms with Crippen molar-refractivity contribution < 1.29 is 0 Å². The summed E-state index contributed by atoms with van der Waals surface area (Å²) in [5.41, 5.74) is 12.6. The molecule has 5 heteroatoms. The van der Waals surface area contributed by atoms with Crippen molar-refractivity contribution in [1.82, 2.24) is 13.7 Å². The van der Waals surface area contributed by atoms with Gasteiger partial charge in [0.05, 0.1) is 56.4 Å². The fraction of sp³-hybridized carbons (Fsp3) is 0. The average molecular weight is 700 g/mol. The van der Waals surface area contributed by atoms with Gasteiger partial charge in [-0.15, -0.1) is 0 Å². The normalized spacial score (nSPS) is 11.6. The summed E-state index contributed by atoms with van der Waals surface area (Å²) in [6, 6.07) is 65.9. The molecule has 11 rings (SSSR count). The SMILES string of the molecule is N#Cc1ccc2c(c1)c1cc(-n3c4ccccc4c4ccccc43)ccc1n2-c1cccc(-c2ccc(-n3c4ccccc4c4ccccc43)cc2C#N)c1. The van der Waals surface area contributed by atoms with Crippen LogP contribution in [-0.4, -0.2) is 13.7 Å². The first-order valence-corrected chi connectivity index (χ1v) is 18.3. The van der Waals surface area contributed by atoms with E-state index in [1.807, 2.05) is 24.3 Å². The predicted molar refractivity (Wildman–Crippen MR) is 224 cm³/mol. The van der Waals surface area contributed by atoms with E-state index in [4.69, 9.17) is 0 Å². The molecule has 0 bridgehead atoms. The van der Waals surface area contributed by atoms with E-state index in [9.17, 15) is 10.5 Å². The van der Waals surface area contributed by atoms with Crippen LogP contribution in [-0.2, 0) is 0 Å². The standard InChI is InChI=1S/C50H29N5/c51-30-32-20-24-49-43(26-32)44-29-37(55-47-18-7-3-14-41(47)42-15-4-8-19-48(42)55)22-25-50(44)53(49)35-11-9-10-33(27-35)38-23-21-36(28-34(38)31-52)54-45-16-5-1-12-39(45)40-13-2-6-17-46(40)54/h1-29H. The minimum atomic E-state index is 0.605. The number of hydrogen-bond acceptors (Lipinski definition) is 2. The Hall–Kier alpha value is -7.86. The highest BCUT2D eigenvalue weighted by Gasteiger charge is 2.19. The van der Waals surface area contributed by atoms with Crippen LogP contribution in [0, 0.1) is 22.7 Å². The fourth-order valence-corrected chi connectivity index (χ4v) is 8.73. The van der Waals surface area contributed by atoms with Gasteiger partial charge in [0.15, 0.2) is 0 Å². The van der Waals surface area contributed by atoms with Gasteiger partial charge in [0.25, 0.3) is 0 Å². The second-order valence-corrected chi connectivity index (χ2v) is 14.0. The minimum absolute atomic E-state index is 0.605. The number of hydrogen-bond donors (Lipinski definition) is 0. The molecule has 0 spiro atoms. The van der Waals surface area contributed by atoms with Gasteiger partial charge in [0.2, 0.25) is 0 Å². The molecule has 3 heterocycles. The van der Waals surface area contributed by atoms with Gasteiger partial charge in [-0.05, 0) is 96.1 Å². The van der Waals surface area contributed by atoms with E-state index < -0.39 is 0 Å². The van der Waals surface area contributed by atoms with E-state index in [0.29, 0.717) is 11.1 Å². The zero-order chi connectivity index (χ0) is 36.6. The zero-order valence-corrected chi connectivity index (χ0v) is 29.5. The molecular weight excluding hydrogens is 671 g/mol. The van der Waals surface area contributed by atoms with E-state index in [2.05, 4.69) is 177 Å². The fourth-order valence-electron chi connectivity index (χ4n) is 8.73. The van der Waals surface area contributed by atoms with Crippen LogP contribution in [0.1, 0.15) is 11.1 Å². The summed E-state index contributed by atoms with van der Waals surface area (Å²) in [5, 5.41) is 27.4. The maximum Gasteiger partial charge on any atom is 0.0998 e. The molecule has 0 saturated carbocycles. The zero-order valence-electron chi connectivity index (χ0n) is 29.5. The number of rotatable bonds is 4. The Morgan fingerprint density at radius 2 is 0.782 bits per heavy atom. The number of benzene rings is 8. The van der Waals surface area contributed by atoms with E-state index >= 15 is 0 Å². The molecule has 0 aliphatic heterocycles. The lowest BCUT2D eigenvalue weighted by atomic mass is 9.99. The molecule has 0 aliphatic carbocycles. The Morgan fingerprint density at radius 1 is 0.327 bits per heavy atom. The maximum absolute atomic E-state index is 10.6. The first-order chi connectivity index (χ1) is 27.2. The smallest absolute Gasteiger partial charge is 0.0998 e. The summed E-state index contributed by atoms with van der Waals surface area (Å²) in [5.74, 6) is 0. The lowest BCUT2D eigenvalue weighted by Crippen LogP contribution is -1.97. The van der Waals surface area contributed by atoms with Crippen LogP contribution >= 0.6 is 0 Å². The first-order valence-electron chi connectivity index (χ1n) is 18.3. The van der Waals surface area contributed by atoms with Crippen LogP contribution in [0.5, 0.6) is 0 Å². The second-order valence-electron chi connectivity index (χ2n) is 14.0. The van der Waals surface area contributed by atoms with Crippen molar-refractivity contribution in [3.8, 4) is 40.3 Å². The minimum Gasteiger partial charge on any atom is -0.309 e. The van der Waals surface area contributed by atoms with Gasteiger partial charge < -0.3 is 13.7 Å². The first kappa shape index (κ1) is 30.7. The molecule has 254 valence electrons. The van der Waals surface area contributed by atoms with E-state index in [-0.39, 0.29) is 0 Å². The highest BCUT2D eigenvalue weighted by molar-refractivity contribution is 6.13. The second kappa shape index (κ2) is 11.8. The van der Waals surface area contributed by atoms with Gasteiger partial charge >= 0.3 is 0 Å². The molecule has 3 aromatic heterocycles. The number of fused-ring (bicyclic) bond motifs is 9. The van der Waals surface area contributed by atoms with Crippen molar-refractivity contribution in [1.29, 1.82) is 10.5 Å². The lowest BCUT2D eigenvalue weighted by molar-refractivity contribution is 1.16. The third-order valence-corrected chi connectivity index (χ3v) is 11.1. The predicted octanol–water partition coefficient (Wildman–Crippen LogP) is 12.4. The average Bonchev–Trinajstić information content (AvgIpc) is 3.89. The summed E-state index contributed by atoms with van der Waals surface area (Å²) < 4.78 is 6.84. The van der Waals surface area contributed by atoms with Gasteiger partial charge in [-0.25, -0.2) is 0 Å². The third-order valence-electron chi connectivity index (χ3n) is 11.1. The molecule has 11 aromatic rings. The molecule has 0 atom stereocenters. The Bertz CT molecular complexity index is 3360. The van der Waals surface area contributed by atoms with Crippen LogP contribution in [0.4, 0.5) is 0 Å². The van der Waals surface area contributed by atoms with Crippen LogP contribution in [0.2, 0.25) is 0 Å². The maximum atomic E-state index is 10.6.